The lowest BCUT2D eigenvalue weighted by Gasteiger charge is -2.26. The molecule has 0 bridgehead atoms. The zero-order chi connectivity index (χ0) is 15.5. The summed E-state index contributed by atoms with van der Waals surface area (Å²) in [7, 11) is -3.44. The van der Waals surface area contributed by atoms with Crippen LogP contribution in [0.4, 0.5) is 0 Å². The minimum atomic E-state index is -3.44. The van der Waals surface area contributed by atoms with E-state index >= 15 is 0 Å². The molecule has 0 radical (unpaired) electrons. The van der Waals surface area contributed by atoms with Gasteiger partial charge < -0.3 is 5.73 Å². The summed E-state index contributed by atoms with van der Waals surface area (Å²) in [6.45, 7) is 2.38. The summed E-state index contributed by atoms with van der Waals surface area (Å²) in [6.07, 6.45) is 6.61. The van der Waals surface area contributed by atoms with E-state index in [0.717, 1.165) is 18.4 Å². The number of nitrogens with two attached hydrogens (primary N) is 1. The molecule has 0 aromatic heterocycles. The summed E-state index contributed by atoms with van der Waals surface area (Å²) in [4.78, 5) is 0.307. The molecule has 118 valence electrons. The van der Waals surface area contributed by atoms with Gasteiger partial charge in [0.15, 0.2) is 0 Å². The van der Waals surface area contributed by atoms with Gasteiger partial charge in [0.1, 0.15) is 0 Å². The van der Waals surface area contributed by atoms with Crippen molar-refractivity contribution in [3.05, 3.63) is 29.8 Å². The standard InChI is InChI=1S/C15H24N2O2S2/c1-12(16)13-5-7-14(8-6-13)21(18,19)17-11-15(20-2)9-3-4-10-15/h5-8,12,17H,3-4,9-11,16H2,1-2H3. The number of benzene rings is 1. The molecule has 1 aromatic rings. The topological polar surface area (TPSA) is 72.2 Å². The van der Waals surface area contributed by atoms with Gasteiger partial charge in [-0.3, -0.25) is 0 Å². The Kier molecular flexibility index (Phi) is 5.35. The van der Waals surface area contributed by atoms with Gasteiger partial charge in [0.25, 0.3) is 0 Å². The third-order valence-electron chi connectivity index (χ3n) is 4.25. The van der Waals surface area contributed by atoms with Crippen LogP contribution in [0.25, 0.3) is 0 Å². The summed E-state index contributed by atoms with van der Waals surface area (Å²) >= 11 is 1.78. The number of hydrogen-bond donors (Lipinski definition) is 2. The third-order valence-corrected chi connectivity index (χ3v) is 7.08. The van der Waals surface area contributed by atoms with E-state index in [4.69, 9.17) is 5.73 Å². The minimum Gasteiger partial charge on any atom is -0.324 e. The first-order chi connectivity index (χ1) is 9.88. The van der Waals surface area contributed by atoms with Crippen molar-refractivity contribution in [2.75, 3.05) is 12.8 Å². The van der Waals surface area contributed by atoms with E-state index in [1.807, 2.05) is 6.92 Å². The predicted molar refractivity (Wildman–Crippen MR) is 88.9 cm³/mol. The summed E-state index contributed by atoms with van der Waals surface area (Å²) in [5.41, 5.74) is 6.72. The molecule has 0 aliphatic heterocycles. The highest BCUT2D eigenvalue weighted by Crippen LogP contribution is 2.39. The molecule has 0 amide bonds. The Balaban J connectivity index is 2.07. The fraction of sp³-hybridized carbons (Fsp3) is 0.600. The smallest absolute Gasteiger partial charge is 0.240 e. The number of nitrogens with one attached hydrogen (secondary N) is 1. The molecular formula is C15H24N2O2S2. The fourth-order valence-corrected chi connectivity index (χ4v) is 4.86. The van der Waals surface area contributed by atoms with E-state index in [9.17, 15) is 8.42 Å². The van der Waals surface area contributed by atoms with Gasteiger partial charge >= 0.3 is 0 Å². The van der Waals surface area contributed by atoms with Crippen LogP contribution in [0.3, 0.4) is 0 Å². The highest BCUT2D eigenvalue weighted by molar-refractivity contribution is 8.00. The number of rotatable bonds is 6. The largest absolute Gasteiger partial charge is 0.324 e. The second kappa shape index (κ2) is 6.69. The molecular weight excluding hydrogens is 304 g/mol. The Morgan fingerprint density at radius 3 is 2.33 bits per heavy atom. The maximum absolute atomic E-state index is 12.4. The Morgan fingerprint density at radius 2 is 1.86 bits per heavy atom. The van der Waals surface area contributed by atoms with Gasteiger partial charge in [-0.25, -0.2) is 13.1 Å². The van der Waals surface area contributed by atoms with Crippen LogP contribution in [0.1, 0.15) is 44.2 Å². The second-order valence-electron chi connectivity index (χ2n) is 5.78. The molecule has 3 N–H and O–H groups in total. The summed E-state index contributed by atoms with van der Waals surface area (Å²) in [5, 5.41) is 0. The Bertz CT molecular complexity index is 562. The summed E-state index contributed by atoms with van der Waals surface area (Å²) < 4.78 is 27.6. The molecule has 4 nitrogen and oxygen atoms in total. The van der Waals surface area contributed by atoms with Crippen LogP contribution in [-0.4, -0.2) is 26.0 Å². The van der Waals surface area contributed by atoms with Crippen LogP contribution in [0, 0.1) is 0 Å². The molecule has 6 heteroatoms. The molecule has 0 heterocycles. The van der Waals surface area contributed by atoms with Gasteiger partial charge in [0.2, 0.25) is 10.0 Å². The number of thioether (sulfide) groups is 1. The lowest BCUT2D eigenvalue weighted by atomic mass is 10.1. The van der Waals surface area contributed by atoms with Crippen molar-refractivity contribution < 1.29 is 8.42 Å². The average Bonchev–Trinajstić information content (AvgIpc) is 2.95. The molecule has 1 fully saturated rings. The van der Waals surface area contributed by atoms with Crippen molar-refractivity contribution in [1.29, 1.82) is 0 Å². The van der Waals surface area contributed by atoms with E-state index in [1.54, 1.807) is 36.0 Å². The highest BCUT2D eigenvalue weighted by atomic mass is 32.2. The van der Waals surface area contributed by atoms with Crippen molar-refractivity contribution in [3.63, 3.8) is 0 Å². The maximum atomic E-state index is 12.4. The zero-order valence-corrected chi connectivity index (χ0v) is 14.3. The van der Waals surface area contributed by atoms with E-state index in [1.165, 1.54) is 12.8 Å². The molecule has 1 aliphatic carbocycles. The second-order valence-corrected chi connectivity index (χ2v) is 8.82. The maximum Gasteiger partial charge on any atom is 0.240 e. The van der Waals surface area contributed by atoms with Gasteiger partial charge in [0.05, 0.1) is 4.90 Å². The van der Waals surface area contributed by atoms with Crippen molar-refractivity contribution >= 4 is 21.8 Å². The monoisotopic (exact) mass is 328 g/mol. The first kappa shape index (κ1) is 16.8. The van der Waals surface area contributed by atoms with E-state index in [-0.39, 0.29) is 10.8 Å². The normalized spacial score (nSPS) is 19.6. The molecule has 2 rings (SSSR count). The molecule has 21 heavy (non-hydrogen) atoms. The lowest BCUT2D eigenvalue weighted by molar-refractivity contribution is 0.551. The van der Waals surface area contributed by atoms with E-state index in [0.29, 0.717) is 11.4 Å². The van der Waals surface area contributed by atoms with Crippen LogP contribution in [0.5, 0.6) is 0 Å². The number of sulfonamides is 1. The Labute approximate surface area is 131 Å². The van der Waals surface area contributed by atoms with Gasteiger partial charge in [0, 0.05) is 17.3 Å². The molecule has 1 aliphatic rings. The fourth-order valence-electron chi connectivity index (χ4n) is 2.73. The van der Waals surface area contributed by atoms with Gasteiger partial charge in [-0.05, 0) is 43.7 Å². The van der Waals surface area contributed by atoms with E-state index in [2.05, 4.69) is 11.0 Å². The van der Waals surface area contributed by atoms with Crippen molar-refractivity contribution in [2.24, 2.45) is 5.73 Å². The van der Waals surface area contributed by atoms with Gasteiger partial charge in [-0.1, -0.05) is 25.0 Å². The van der Waals surface area contributed by atoms with Crippen LogP contribution in [0.15, 0.2) is 29.2 Å². The van der Waals surface area contributed by atoms with Gasteiger partial charge in [-0.15, -0.1) is 0 Å². The first-order valence-electron chi connectivity index (χ1n) is 7.29. The molecule has 1 aromatic carbocycles. The Hall–Kier alpha value is -0.560. The van der Waals surface area contributed by atoms with Crippen LogP contribution in [0.2, 0.25) is 0 Å². The average molecular weight is 329 g/mol. The van der Waals surface area contributed by atoms with Crippen LogP contribution in [-0.2, 0) is 10.0 Å². The first-order valence-corrected chi connectivity index (χ1v) is 10.00. The third kappa shape index (κ3) is 4.00. The molecule has 1 saturated carbocycles. The quantitative estimate of drug-likeness (QED) is 0.842. The molecule has 1 atom stereocenters. The van der Waals surface area contributed by atoms with Crippen molar-refractivity contribution in [1.82, 2.24) is 4.72 Å². The SMILES string of the molecule is CSC1(CNS(=O)(=O)c2ccc(C(C)N)cc2)CCCC1. The van der Waals surface area contributed by atoms with E-state index < -0.39 is 10.0 Å². The molecule has 0 saturated heterocycles. The highest BCUT2D eigenvalue weighted by Gasteiger charge is 2.34. The van der Waals surface area contributed by atoms with Crippen molar-refractivity contribution in [3.8, 4) is 0 Å². The van der Waals surface area contributed by atoms with Crippen LogP contribution >= 0.6 is 11.8 Å². The summed E-state index contributed by atoms with van der Waals surface area (Å²) in [5.74, 6) is 0. The van der Waals surface area contributed by atoms with Gasteiger partial charge in [-0.2, -0.15) is 11.8 Å². The zero-order valence-electron chi connectivity index (χ0n) is 12.6. The lowest BCUT2D eigenvalue weighted by Crippen LogP contribution is -2.38. The minimum absolute atomic E-state index is 0.0682. The van der Waals surface area contributed by atoms with Crippen LogP contribution < -0.4 is 10.5 Å². The van der Waals surface area contributed by atoms with Crippen molar-refractivity contribution in [2.45, 2.75) is 48.3 Å². The Morgan fingerprint density at radius 1 is 1.29 bits per heavy atom. The summed E-state index contributed by atoms with van der Waals surface area (Å²) in [6, 6.07) is 6.72. The predicted octanol–water partition coefficient (Wildman–Crippen LogP) is 2.66. The molecule has 1 unspecified atom stereocenters. The molecule has 0 spiro atoms. The number of hydrogen-bond acceptors (Lipinski definition) is 4.